The molecule has 2 rings (SSSR count). The lowest BCUT2D eigenvalue weighted by atomic mass is 9.85. The van der Waals surface area contributed by atoms with Crippen LogP contribution in [0.5, 0.6) is 0 Å². The van der Waals surface area contributed by atoms with Gasteiger partial charge in [-0.15, -0.1) is 0 Å². The van der Waals surface area contributed by atoms with Crippen molar-refractivity contribution in [3.8, 4) is 0 Å². The zero-order chi connectivity index (χ0) is 14.9. The van der Waals surface area contributed by atoms with Crippen molar-refractivity contribution in [3.63, 3.8) is 0 Å². The van der Waals surface area contributed by atoms with Gasteiger partial charge in [-0.3, -0.25) is 4.79 Å². The molecule has 1 saturated carbocycles. The van der Waals surface area contributed by atoms with Crippen molar-refractivity contribution in [2.24, 2.45) is 5.92 Å². The molecule has 0 bridgehead atoms. The van der Waals surface area contributed by atoms with E-state index in [0.29, 0.717) is 12.5 Å². The third-order valence-electron chi connectivity index (χ3n) is 3.50. The highest BCUT2D eigenvalue weighted by atomic mass is 35.7. The number of carbonyl (C=O) groups is 1. The van der Waals surface area contributed by atoms with Crippen molar-refractivity contribution in [1.82, 2.24) is 4.90 Å². The molecular weight excluding hydrogens is 305 g/mol. The third kappa shape index (κ3) is 3.49. The predicted molar refractivity (Wildman–Crippen MR) is 73.7 cm³/mol. The Hall–Kier alpha value is -1.14. The Balaban J connectivity index is 2.22. The molecule has 1 aliphatic carbocycles. The summed E-state index contributed by atoms with van der Waals surface area (Å²) in [6, 6.07) is 2.92. The molecule has 0 spiro atoms. The molecule has 0 N–H and O–H groups in total. The van der Waals surface area contributed by atoms with E-state index in [1.54, 1.807) is 7.05 Å². The zero-order valence-corrected chi connectivity index (χ0v) is 12.5. The van der Waals surface area contributed by atoms with Crippen LogP contribution < -0.4 is 0 Å². The highest BCUT2D eigenvalue weighted by Gasteiger charge is 2.23. The maximum atomic E-state index is 13.4. The van der Waals surface area contributed by atoms with Gasteiger partial charge in [-0.05, 0) is 37.0 Å². The summed E-state index contributed by atoms with van der Waals surface area (Å²) in [5.41, 5.74) is -0.00829. The van der Waals surface area contributed by atoms with Crippen LogP contribution in [0.3, 0.4) is 0 Å². The van der Waals surface area contributed by atoms with Crippen LogP contribution >= 0.6 is 10.7 Å². The van der Waals surface area contributed by atoms with E-state index in [1.165, 1.54) is 11.3 Å². The average Bonchev–Trinajstić information content (AvgIpc) is 2.30. The summed E-state index contributed by atoms with van der Waals surface area (Å²) < 4.78 is 35.9. The summed E-state index contributed by atoms with van der Waals surface area (Å²) in [4.78, 5) is 13.3. The molecule has 1 aromatic carbocycles. The Kier molecular flexibility index (Phi) is 4.34. The van der Waals surface area contributed by atoms with Gasteiger partial charge in [-0.1, -0.05) is 6.42 Å². The number of amides is 1. The SMILES string of the molecule is CN(CC1CCC1)C(=O)c1cc(F)cc(S(=O)(=O)Cl)c1. The smallest absolute Gasteiger partial charge is 0.261 e. The van der Waals surface area contributed by atoms with Crippen molar-refractivity contribution in [2.75, 3.05) is 13.6 Å². The largest absolute Gasteiger partial charge is 0.341 e. The fourth-order valence-electron chi connectivity index (χ4n) is 2.19. The Morgan fingerprint density at radius 1 is 1.40 bits per heavy atom. The van der Waals surface area contributed by atoms with Gasteiger partial charge in [-0.2, -0.15) is 0 Å². The molecule has 7 heteroatoms. The number of carbonyl (C=O) groups excluding carboxylic acids is 1. The Labute approximate surface area is 121 Å². The average molecular weight is 320 g/mol. The lowest BCUT2D eigenvalue weighted by Gasteiger charge is -2.30. The van der Waals surface area contributed by atoms with Crippen molar-refractivity contribution in [3.05, 3.63) is 29.6 Å². The van der Waals surface area contributed by atoms with E-state index in [2.05, 4.69) is 0 Å². The van der Waals surface area contributed by atoms with Crippen LogP contribution in [-0.4, -0.2) is 32.8 Å². The first-order valence-corrected chi connectivity index (χ1v) is 8.59. The van der Waals surface area contributed by atoms with Gasteiger partial charge in [-0.25, -0.2) is 12.8 Å². The number of rotatable bonds is 4. The first kappa shape index (κ1) is 15.3. The van der Waals surface area contributed by atoms with E-state index < -0.39 is 25.7 Å². The number of halogens is 2. The van der Waals surface area contributed by atoms with E-state index >= 15 is 0 Å². The van der Waals surface area contributed by atoms with Crippen LogP contribution in [0.4, 0.5) is 4.39 Å². The second-order valence-corrected chi connectivity index (χ2v) is 7.66. The van der Waals surface area contributed by atoms with Crippen LogP contribution in [0.15, 0.2) is 23.1 Å². The molecule has 1 amide bonds. The second kappa shape index (κ2) is 5.69. The molecule has 0 unspecified atom stereocenters. The summed E-state index contributed by atoms with van der Waals surface area (Å²) in [7, 11) is 2.75. The Morgan fingerprint density at radius 2 is 2.05 bits per heavy atom. The molecular formula is C13H15ClFNO3S. The molecule has 1 aliphatic rings. The molecule has 0 aromatic heterocycles. The first-order valence-electron chi connectivity index (χ1n) is 6.28. The van der Waals surface area contributed by atoms with Gasteiger partial charge >= 0.3 is 0 Å². The molecule has 1 fully saturated rings. The Morgan fingerprint density at radius 3 is 2.55 bits per heavy atom. The number of hydrogen-bond donors (Lipinski definition) is 0. The zero-order valence-electron chi connectivity index (χ0n) is 11.0. The summed E-state index contributed by atoms with van der Waals surface area (Å²) in [6.07, 6.45) is 3.34. The molecule has 0 atom stereocenters. The normalized spacial score (nSPS) is 15.8. The lowest BCUT2D eigenvalue weighted by molar-refractivity contribution is 0.0744. The van der Waals surface area contributed by atoms with Crippen LogP contribution in [0.1, 0.15) is 29.6 Å². The van der Waals surface area contributed by atoms with E-state index in [4.69, 9.17) is 10.7 Å². The monoisotopic (exact) mass is 319 g/mol. The first-order chi connectivity index (χ1) is 9.27. The maximum Gasteiger partial charge on any atom is 0.261 e. The summed E-state index contributed by atoms with van der Waals surface area (Å²) in [5, 5.41) is 0. The molecule has 0 saturated heterocycles. The molecule has 1 aromatic rings. The van der Waals surface area contributed by atoms with Gasteiger partial charge in [0.15, 0.2) is 0 Å². The minimum absolute atomic E-state index is 0.00829. The third-order valence-corrected chi connectivity index (χ3v) is 4.84. The fraction of sp³-hybridized carbons (Fsp3) is 0.462. The van der Waals surface area contributed by atoms with Crippen molar-refractivity contribution < 1.29 is 17.6 Å². The number of nitrogens with zero attached hydrogens (tertiary/aromatic N) is 1. The number of hydrogen-bond acceptors (Lipinski definition) is 3. The number of benzene rings is 1. The van der Waals surface area contributed by atoms with E-state index in [1.807, 2.05) is 0 Å². The summed E-state index contributed by atoms with van der Waals surface area (Å²) >= 11 is 0. The molecule has 0 aliphatic heterocycles. The van der Waals surface area contributed by atoms with Gasteiger partial charge in [0, 0.05) is 29.8 Å². The van der Waals surface area contributed by atoms with Crippen molar-refractivity contribution >= 4 is 25.6 Å². The van der Waals surface area contributed by atoms with Crippen LogP contribution in [0.2, 0.25) is 0 Å². The highest BCUT2D eigenvalue weighted by Crippen LogP contribution is 2.27. The molecule has 4 nitrogen and oxygen atoms in total. The van der Waals surface area contributed by atoms with Crippen LogP contribution in [-0.2, 0) is 9.05 Å². The maximum absolute atomic E-state index is 13.4. The highest BCUT2D eigenvalue weighted by molar-refractivity contribution is 8.13. The van der Waals surface area contributed by atoms with Gasteiger partial charge < -0.3 is 4.90 Å². The minimum Gasteiger partial charge on any atom is -0.341 e. The van der Waals surface area contributed by atoms with Crippen molar-refractivity contribution in [1.29, 1.82) is 0 Å². The fourth-order valence-corrected chi connectivity index (χ4v) is 2.98. The van der Waals surface area contributed by atoms with Crippen molar-refractivity contribution in [2.45, 2.75) is 24.2 Å². The Bertz CT molecular complexity index is 629. The molecule has 20 heavy (non-hydrogen) atoms. The summed E-state index contributed by atoms with van der Waals surface area (Å²) in [6.45, 7) is 0.596. The lowest BCUT2D eigenvalue weighted by Crippen LogP contribution is -2.34. The predicted octanol–water partition coefficient (Wildman–Crippen LogP) is 2.63. The van der Waals surface area contributed by atoms with E-state index in [-0.39, 0.29) is 5.56 Å². The van der Waals surface area contributed by atoms with Gasteiger partial charge in [0.25, 0.3) is 15.0 Å². The van der Waals surface area contributed by atoms with Crippen LogP contribution in [0, 0.1) is 11.7 Å². The quantitative estimate of drug-likeness (QED) is 0.802. The van der Waals surface area contributed by atoms with E-state index in [0.717, 1.165) is 31.0 Å². The minimum atomic E-state index is -4.06. The van der Waals surface area contributed by atoms with Gasteiger partial charge in [0.1, 0.15) is 5.82 Å². The van der Waals surface area contributed by atoms with E-state index in [9.17, 15) is 17.6 Å². The standard InChI is InChI=1S/C13H15ClFNO3S/c1-16(8-9-3-2-4-9)13(17)10-5-11(15)7-12(6-10)20(14,18)19/h5-7,9H,2-4,8H2,1H3. The molecule has 110 valence electrons. The van der Waals surface area contributed by atoms with Gasteiger partial charge in [0.2, 0.25) is 0 Å². The van der Waals surface area contributed by atoms with Crippen LogP contribution in [0.25, 0.3) is 0 Å². The van der Waals surface area contributed by atoms with Gasteiger partial charge in [0.05, 0.1) is 4.90 Å². The molecule has 0 heterocycles. The topological polar surface area (TPSA) is 54.5 Å². The summed E-state index contributed by atoms with van der Waals surface area (Å²) in [5.74, 6) is -0.723. The molecule has 0 radical (unpaired) electrons. The second-order valence-electron chi connectivity index (χ2n) is 5.10.